The van der Waals surface area contributed by atoms with Gasteiger partial charge >= 0.3 is 0 Å². The Bertz CT molecular complexity index is 329. The SMILES string of the molecule is Cc1cc(CN2CCC(N)C(C)C2)on1.Cl. The Morgan fingerprint density at radius 1 is 1.62 bits per heavy atom. The molecule has 1 aromatic rings. The second-order valence-electron chi connectivity index (χ2n) is 4.60. The van der Waals surface area contributed by atoms with Gasteiger partial charge in [0.1, 0.15) is 0 Å². The fourth-order valence-corrected chi connectivity index (χ4v) is 2.10. The summed E-state index contributed by atoms with van der Waals surface area (Å²) >= 11 is 0. The Hall–Kier alpha value is -0.580. The zero-order valence-corrected chi connectivity index (χ0v) is 10.7. The molecule has 2 rings (SSSR count). The molecule has 0 amide bonds. The average molecular weight is 246 g/mol. The van der Waals surface area contributed by atoms with Gasteiger partial charge in [0.25, 0.3) is 0 Å². The van der Waals surface area contributed by atoms with E-state index in [0.717, 1.165) is 37.5 Å². The van der Waals surface area contributed by atoms with E-state index < -0.39 is 0 Å². The summed E-state index contributed by atoms with van der Waals surface area (Å²) in [6, 6.07) is 2.36. The number of piperidine rings is 1. The van der Waals surface area contributed by atoms with Crippen molar-refractivity contribution in [1.82, 2.24) is 10.1 Å². The zero-order valence-electron chi connectivity index (χ0n) is 9.85. The maximum atomic E-state index is 5.98. The number of hydrogen-bond acceptors (Lipinski definition) is 4. The molecule has 0 radical (unpaired) electrons. The smallest absolute Gasteiger partial charge is 0.150 e. The number of nitrogens with two attached hydrogens (primary N) is 1. The molecule has 0 aliphatic carbocycles. The molecule has 0 bridgehead atoms. The summed E-state index contributed by atoms with van der Waals surface area (Å²) in [5.74, 6) is 1.53. The average Bonchev–Trinajstić information content (AvgIpc) is 2.58. The van der Waals surface area contributed by atoms with Gasteiger partial charge in [-0.3, -0.25) is 4.90 Å². The van der Waals surface area contributed by atoms with Crippen molar-refractivity contribution in [2.45, 2.75) is 32.9 Å². The molecular formula is C11H20ClN3O. The Kier molecular flexibility index (Phi) is 4.77. The maximum absolute atomic E-state index is 5.98. The second kappa shape index (κ2) is 5.66. The molecule has 16 heavy (non-hydrogen) atoms. The van der Waals surface area contributed by atoms with E-state index in [4.69, 9.17) is 10.3 Å². The molecule has 1 saturated heterocycles. The first-order valence-electron chi connectivity index (χ1n) is 5.55. The lowest BCUT2D eigenvalue weighted by Crippen LogP contribution is -2.45. The minimum absolute atomic E-state index is 0. The van der Waals surface area contributed by atoms with Crippen LogP contribution in [0.3, 0.4) is 0 Å². The third-order valence-electron chi connectivity index (χ3n) is 3.11. The van der Waals surface area contributed by atoms with E-state index in [1.165, 1.54) is 0 Å². The number of rotatable bonds is 2. The fourth-order valence-electron chi connectivity index (χ4n) is 2.10. The number of nitrogens with zero attached hydrogens (tertiary/aromatic N) is 2. The van der Waals surface area contributed by atoms with Crippen molar-refractivity contribution in [1.29, 1.82) is 0 Å². The third kappa shape index (κ3) is 3.20. The van der Waals surface area contributed by atoms with Crippen LogP contribution < -0.4 is 5.73 Å². The van der Waals surface area contributed by atoms with Crippen molar-refractivity contribution >= 4 is 12.4 Å². The van der Waals surface area contributed by atoms with E-state index in [1.54, 1.807) is 0 Å². The van der Waals surface area contributed by atoms with Crippen LogP contribution in [0.1, 0.15) is 24.8 Å². The van der Waals surface area contributed by atoms with Crippen LogP contribution in [-0.2, 0) is 6.54 Å². The third-order valence-corrected chi connectivity index (χ3v) is 3.11. The van der Waals surface area contributed by atoms with Crippen LogP contribution in [0.25, 0.3) is 0 Å². The highest BCUT2D eigenvalue weighted by Crippen LogP contribution is 2.17. The molecule has 1 aliphatic rings. The van der Waals surface area contributed by atoms with Crippen molar-refractivity contribution < 1.29 is 4.52 Å². The Balaban J connectivity index is 0.00000128. The van der Waals surface area contributed by atoms with Crippen molar-refractivity contribution in [3.8, 4) is 0 Å². The van der Waals surface area contributed by atoms with Crippen LogP contribution in [0.15, 0.2) is 10.6 Å². The van der Waals surface area contributed by atoms with Crippen LogP contribution in [0.4, 0.5) is 0 Å². The molecular weight excluding hydrogens is 226 g/mol. The summed E-state index contributed by atoms with van der Waals surface area (Å²) in [6.07, 6.45) is 1.08. The number of aryl methyl sites for hydroxylation is 1. The lowest BCUT2D eigenvalue weighted by Gasteiger charge is -2.34. The largest absolute Gasteiger partial charge is 0.360 e. The normalized spacial score (nSPS) is 26.4. The Labute approximate surface area is 103 Å². The number of likely N-dealkylation sites (tertiary alicyclic amines) is 1. The van der Waals surface area contributed by atoms with E-state index in [9.17, 15) is 0 Å². The predicted molar refractivity (Wildman–Crippen MR) is 65.5 cm³/mol. The molecule has 0 aromatic carbocycles. The van der Waals surface area contributed by atoms with E-state index >= 15 is 0 Å². The Morgan fingerprint density at radius 3 is 2.94 bits per heavy atom. The highest BCUT2D eigenvalue weighted by atomic mass is 35.5. The van der Waals surface area contributed by atoms with Gasteiger partial charge in [0, 0.05) is 25.2 Å². The molecule has 2 atom stereocenters. The monoisotopic (exact) mass is 245 g/mol. The first-order chi connectivity index (χ1) is 7.15. The molecule has 0 spiro atoms. The van der Waals surface area contributed by atoms with Crippen LogP contribution in [0.5, 0.6) is 0 Å². The predicted octanol–water partition coefficient (Wildman–Crippen LogP) is 1.57. The Morgan fingerprint density at radius 2 is 2.38 bits per heavy atom. The van der Waals surface area contributed by atoms with Gasteiger partial charge in [-0.05, 0) is 19.3 Å². The molecule has 92 valence electrons. The van der Waals surface area contributed by atoms with Crippen LogP contribution in [0.2, 0.25) is 0 Å². The van der Waals surface area contributed by atoms with Gasteiger partial charge in [0.15, 0.2) is 5.76 Å². The van der Waals surface area contributed by atoms with Crippen molar-refractivity contribution in [2.75, 3.05) is 13.1 Å². The van der Waals surface area contributed by atoms with Crippen LogP contribution >= 0.6 is 12.4 Å². The number of aromatic nitrogens is 1. The van der Waals surface area contributed by atoms with Gasteiger partial charge in [-0.1, -0.05) is 12.1 Å². The van der Waals surface area contributed by atoms with Crippen LogP contribution in [-0.4, -0.2) is 29.2 Å². The van der Waals surface area contributed by atoms with Gasteiger partial charge in [-0.2, -0.15) is 0 Å². The summed E-state index contributed by atoms with van der Waals surface area (Å²) < 4.78 is 5.21. The highest BCUT2D eigenvalue weighted by molar-refractivity contribution is 5.85. The molecule has 5 heteroatoms. The van der Waals surface area contributed by atoms with Crippen molar-refractivity contribution in [2.24, 2.45) is 11.7 Å². The summed E-state index contributed by atoms with van der Waals surface area (Å²) in [4.78, 5) is 2.38. The first-order valence-corrected chi connectivity index (χ1v) is 5.55. The summed E-state index contributed by atoms with van der Waals surface area (Å²) in [7, 11) is 0. The number of hydrogen-bond donors (Lipinski definition) is 1. The molecule has 2 unspecified atom stereocenters. The molecule has 4 nitrogen and oxygen atoms in total. The van der Waals surface area contributed by atoms with E-state index in [-0.39, 0.29) is 12.4 Å². The van der Waals surface area contributed by atoms with Gasteiger partial charge in [0.05, 0.1) is 12.2 Å². The molecule has 1 fully saturated rings. The minimum atomic E-state index is 0. The van der Waals surface area contributed by atoms with Gasteiger partial charge in [-0.25, -0.2) is 0 Å². The van der Waals surface area contributed by atoms with Gasteiger partial charge in [-0.15, -0.1) is 12.4 Å². The molecule has 1 aliphatic heterocycles. The van der Waals surface area contributed by atoms with E-state index in [2.05, 4.69) is 17.0 Å². The van der Waals surface area contributed by atoms with E-state index in [1.807, 2.05) is 13.0 Å². The molecule has 1 aromatic heterocycles. The second-order valence-corrected chi connectivity index (χ2v) is 4.60. The first kappa shape index (κ1) is 13.5. The topological polar surface area (TPSA) is 55.3 Å². The molecule has 2 heterocycles. The molecule has 2 N–H and O–H groups in total. The lowest BCUT2D eigenvalue weighted by molar-refractivity contribution is 0.144. The molecule has 0 saturated carbocycles. The van der Waals surface area contributed by atoms with Crippen molar-refractivity contribution in [3.63, 3.8) is 0 Å². The van der Waals surface area contributed by atoms with Gasteiger partial charge < -0.3 is 10.3 Å². The minimum Gasteiger partial charge on any atom is -0.360 e. The van der Waals surface area contributed by atoms with Gasteiger partial charge in [0.2, 0.25) is 0 Å². The maximum Gasteiger partial charge on any atom is 0.150 e. The standard InChI is InChI=1S/C11H19N3O.ClH/c1-8-6-14(4-3-11(8)12)7-10-5-9(2)13-15-10;/h5,8,11H,3-4,6-7,12H2,1-2H3;1H. The highest BCUT2D eigenvalue weighted by Gasteiger charge is 2.23. The summed E-state index contributed by atoms with van der Waals surface area (Å²) in [5, 5.41) is 3.89. The van der Waals surface area contributed by atoms with E-state index in [0.29, 0.717) is 12.0 Å². The van der Waals surface area contributed by atoms with Crippen molar-refractivity contribution in [3.05, 3.63) is 17.5 Å². The quantitative estimate of drug-likeness (QED) is 0.860. The summed E-state index contributed by atoms with van der Waals surface area (Å²) in [6.45, 7) is 7.13. The fraction of sp³-hybridized carbons (Fsp3) is 0.727. The summed E-state index contributed by atoms with van der Waals surface area (Å²) in [5.41, 5.74) is 6.93. The number of halogens is 1. The van der Waals surface area contributed by atoms with Crippen LogP contribution in [0, 0.1) is 12.8 Å². The lowest BCUT2D eigenvalue weighted by atomic mass is 9.95. The zero-order chi connectivity index (χ0) is 10.8.